The minimum absolute atomic E-state index is 0.0224. The van der Waals surface area contributed by atoms with Crippen LogP contribution in [0.25, 0.3) is 0 Å². The first kappa shape index (κ1) is 16.4. The Kier molecular flexibility index (Phi) is 4.80. The van der Waals surface area contributed by atoms with Gasteiger partial charge in [0.25, 0.3) is 5.91 Å². The average Bonchev–Trinajstić information content (AvgIpc) is 3.05. The van der Waals surface area contributed by atoms with E-state index in [0.717, 1.165) is 5.56 Å². The van der Waals surface area contributed by atoms with Crippen LogP contribution < -0.4 is 21.9 Å². The van der Waals surface area contributed by atoms with Crippen molar-refractivity contribution in [2.24, 2.45) is 5.73 Å². The summed E-state index contributed by atoms with van der Waals surface area (Å²) in [6.07, 6.45) is 0.560. The number of carbonyl (C=O) groups excluding carboxylic acids is 2. The van der Waals surface area contributed by atoms with Gasteiger partial charge in [0.15, 0.2) is 0 Å². The first-order valence-corrected chi connectivity index (χ1v) is 7.88. The fraction of sp³-hybridized carbons (Fsp3) is 0.176. The number of halogens is 1. The number of hydrazine groups is 1. The second kappa shape index (κ2) is 7.00. The molecule has 0 aromatic heterocycles. The van der Waals surface area contributed by atoms with Crippen LogP contribution in [0.3, 0.4) is 0 Å². The molecule has 2 aromatic rings. The molecule has 1 aliphatic heterocycles. The summed E-state index contributed by atoms with van der Waals surface area (Å²) in [7, 11) is 0. The van der Waals surface area contributed by atoms with Crippen molar-refractivity contribution in [2.75, 3.05) is 5.32 Å². The topological polar surface area (TPSA) is 96.2 Å². The third-order valence-corrected chi connectivity index (χ3v) is 4.16. The van der Waals surface area contributed by atoms with Crippen LogP contribution in [0.4, 0.5) is 5.69 Å². The zero-order valence-corrected chi connectivity index (χ0v) is 13.5. The summed E-state index contributed by atoms with van der Waals surface area (Å²) < 4.78 is 0. The van der Waals surface area contributed by atoms with Crippen molar-refractivity contribution in [3.8, 4) is 0 Å². The Bertz CT molecular complexity index is 781. The lowest BCUT2D eigenvalue weighted by Gasteiger charge is -2.12. The van der Waals surface area contributed by atoms with Crippen molar-refractivity contribution < 1.29 is 9.59 Å². The van der Waals surface area contributed by atoms with E-state index < -0.39 is 11.9 Å². The second-order valence-corrected chi connectivity index (χ2v) is 6.02. The van der Waals surface area contributed by atoms with E-state index in [9.17, 15) is 9.59 Å². The monoisotopic (exact) mass is 344 g/mol. The van der Waals surface area contributed by atoms with Gasteiger partial charge in [0, 0.05) is 11.1 Å². The van der Waals surface area contributed by atoms with E-state index in [1.54, 1.807) is 30.3 Å². The Hall–Kier alpha value is -2.41. The number of para-hydroxylation sites is 1. The van der Waals surface area contributed by atoms with Crippen molar-refractivity contribution in [3.63, 3.8) is 0 Å². The maximum absolute atomic E-state index is 12.4. The van der Waals surface area contributed by atoms with Gasteiger partial charge in [-0.3, -0.25) is 9.59 Å². The number of rotatable bonds is 4. The molecule has 5 N–H and O–H groups in total. The minimum Gasteiger partial charge on any atom is -0.366 e. The Morgan fingerprint density at radius 1 is 1.12 bits per heavy atom. The highest BCUT2D eigenvalue weighted by Crippen LogP contribution is 2.25. The number of hydrogen-bond acceptors (Lipinski definition) is 4. The summed E-state index contributed by atoms with van der Waals surface area (Å²) in [5, 5.41) is 3.40. The largest absolute Gasteiger partial charge is 0.366 e. The summed E-state index contributed by atoms with van der Waals surface area (Å²) in [6, 6.07) is 13.7. The zero-order chi connectivity index (χ0) is 17.1. The van der Waals surface area contributed by atoms with Crippen molar-refractivity contribution in [1.82, 2.24) is 10.9 Å². The summed E-state index contributed by atoms with van der Waals surface area (Å²) in [6.45, 7) is 0. The Morgan fingerprint density at radius 2 is 1.92 bits per heavy atom. The molecular formula is C17H17ClN4O2. The van der Waals surface area contributed by atoms with Gasteiger partial charge in [-0.25, -0.2) is 10.9 Å². The predicted molar refractivity (Wildman–Crippen MR) is 92.5 cm³/mol. The zero-order valence-electron chi connectivity index (χ0n) is 12.8. The maximum Gasteiger partial charge on any atom is 0.250 e. The molecule has 1 fully saturated rings. The molecule has 1 heterocycles. The third-order valence-electron chi connectivity index (χ3n) is 3.92. The van der Waals surface area contributed by atoms with Crippen molar-refractivity contribution in [2.45, 2.75) is 18.5 Å². The number of anilines is 1. The Balaban J connectivity index is 1.68. The third kappa shape index (κ3) is 3.56. The summed E-state index contributed by atoms with van der Waals surface area (Å²) >= 11 is 6.01. The molecule has 2 amide bonds. The van der Waals surface area contributed by atoms with Crippen LogP contribution >= 0.6 is 11.6 Å². The molecule has 2 aromatic carbocycles. The molecular weight excluding hydrogens is 328 g/mol. The smallest absolute Gasteiger partial charge is 0.250 e. The number of hydrogen-bond donors (Lipinski definition) is 4. The Labute approximate surface area is 144 Å². The van der Waals surface area contributed by atoms with Crippen LogP contribution in [0.15, 0.2) is 48.5 Å². The van der Waals surface area contributed by atoms with E-state index in [0.29, 0.717) is 17.1 Å². The van der Waals surface area contributed by atoms with Gasteiger partial charge < -0.3 is 11.1 Å². The number of nitrogens with one attached hydrogen (secondary N) is 3. The molecule has 3 rings (SSSR count). The number of carbonyl (C=O) groups is 2. The molecule has 24 heavy (non-hydrogen) atoms. The average molecular weight is 345 g/mol. The van der Waals surface area contributed by atoms with Gasteiger partial charge in [-0.05, 0) is 36.2 Å². The first-order valence-electron chi connectivity index (χ1n) is 7.51. The van der Waals surface area contributed by atoms with E-state index in [1.807, 2.05) is 18.2 Å². The molecule has 124 valence electrons. The van der Waals surface area contributed by atoms with E-state index >= 15 is 0 Å². The number of benzene rings is 2. The SMILES string of the molecule is NC(=O)c1ccccc1NC(=O)C1CC(c2cccc(Cl)c2)NN1. The van der Waals surface area contributed by atoms with Crippen LogP contribution in [-0.4, -0.2) is 17.9 Å². The first-order chi connectivity index (χ1) is 11.5. The van der Waals surface area contributed by atoms with Gasteiger partial charge in [-0.15, -0.1) is 0 Å². The van der Waals surface area contributed by atoms with Gasteiger partial charge >= 0.3 is 0 Å². The standard InChI is InChI=1S/C17H17ClN4O2/c18-11-5-3-4-10(8-11)14-9-15(22-21-14)17(24)20-13-7-2-1-6-12(13)16(19)23/h1-8,14-15,21-22H,9H2,(H2,19,23)(H,20,24). The quantitative estimate of drug-likeness (QED) is 0.682. The summed E-state index contributed by atoms with van der Waals surface area (Å²) in [5.41, 5.74) is 13.1. The predicted octanol–water partition coefficient (Wildman–Crippen LogP) is 1.99. The normalized spacial score (nSPS) is 19.9. The number of amides is 2. The highest BCUT2D eigenvalue weighted by molar-refractivity contribution is 6.30. The second-order valence-electron chi connectivity index (χ2n) is 5.58. The molecule has 0 aliphatic carbocycles. The molecule has 0 saturated carbocycles. The van der Waals surface area contributed by atoms with Crippen LogP contribution in [0.2, 0.25) is 5.02 Å². The molecule has 1 aliphatic rings. The summed E-state index contributed by atoms with van der Waals surface area (Å²) in [4.78, 5) is 23.9. The van der Waals surface area contributed by atoms with E-state index in [4.69, 9.17) is 17.3 Å². The summed E-state index contributed by atoms with van der Waals surface area (Å²) in [5.74, 6) is -0.819. The minimum atomic E-state index is -0.583. The molecule has 6 nitrogen and oxygen atoms in total. The lowest BCUT2D eigenvalue weighted by molar-refractivity contribution is -0.117. The molecule has 2 unspecified atom stereocenters. The van der Waals surface area contributed by atoms with Gasteiger partial charge in [0.2, 0.25) is 5.91 Å². The Morgan fingerprint density at radius 3 is 2.67 bits per heavy atom. The maximum atomic E-state index is 12.4. The fourth-order valence-electron chi connectivity index (χ4n) is 2.70. The van der Waals surface area contributed by atoms with Crippen LogP contribution in [0.1, 0.15) is 28.4 Å². The van der Waals surface area contributed by atoms with Gasteiger partial charge in [-0.1, -0.05) is 35.9 Å². The molecule has 0 radical (unpaired) electrons. The van der Waals surface area contributed by atoms with Crippen molar-refractivity contribution in [1.29, 1.82) is 0 Å². The van der Waals surface area contributed by atoms with Crippen molar-refractivity contribution >= 4 is 29.1 Å². The number of nitrogens with two attached hydrogens (primary N) is 1. The lowest BCUT2D eigenvalue weighted by Crippen LogP contribution is -2.39. The van der Waals surface area contributed by atoms with Crippen LogP contribution in [0, 0.1) is 0 Å². The molecule has 2 atom stereocenters. The number of primary amides is 1. The van der Waals surface area contributed by atoms with E-state index in [-0.39, 0.29) is 17.5 Å². The van der Waals surface area contributed by atoms with Gasteiger partial charge in [0.05, 0.1) is 11.3 Å². The highest BCUT2D eigenvalue weighted by atomic mass is 35.5. The molecule has 0 spiro atoms. The molecule has 7 heteroatoms. The molecule has 0 bridgehead atoms. The van der Waals surface area contributed by atoms with Gasteiger partial charge in [0.1, 0.15) is 6.04 Å². The van der Waals surface area contributed by atoms with Crippen molar-refractivity contribution in [3.05, 3.63) is 64.7 Å². The molecule has 1 saturated heterocycles. The van der Waals surface area contributed by atoms with Crippen LogP contribution in [0.5, 0.6) is 0 Å². The fourth-order valence-corrected chi connectivity index (χ4v) is 2.90. The van der Waals surface area contributed by atoms with E-state index in [1.165, 1.54) is 0 Å². The highest BCUT2D eigenvalue weighted by Gasteiger charge is 2.30. The van der Waals surface area contributed by atoms with Crippen LogP contribution in [-0.2, 0) is 4.79 Å². The van der Waals surface area contributed by atoms with E-state index in [2.05, 4.69) is 16.2 Å². The van der Waals surface area contributed by atoms with Gasteiger partial charge in [-0.2, -0.15) is 0 Å². The lowest BCUT2D eigenvalue weighted by atomic mass is 10.0.